The van der Waals surface area contributed by atoms with Crippen LogP contribution in [0.15, 0.2) is 28.7 Å². The lowest BCUT2D eigenvalue weighted by atomic mass is 10.1. The highest BCUT2D eigenvalue weighted by Crippen LogP contribution is 2.15. The van der Waals surface area contributed by atoms with Gasteiger partial charge in [0, 0.05) is 42.3 Å². The number of ketones is 1. The molecule has 0 amide bonds. The van der Waals surface area contributed by atoms with Crippen LogP contribution in [0.3, 0.4) is 0 Å². The van der Waals surface area contributed by atoms with E-state index in [9.17, 15) is 4.79 Å². The van der Waals surface area contributed by atoms with Crippen molar-refractivity contribution in [3.8, 4) is 0 Å². The monoisotopic (exact) mass is 325 g/mol. The summed E-state index contributed by atoms with van der Waals surface area (Å²) in [5.74, 6) is 0.214. The summed E-state index contributed by atoms with van der Waals surface area (Å²) in [4.78, 5) is 14.4. The maximum Gasteiger partial charge on any atom is 0.164 e. The predicted molar refractivity (Wildman–Crippen MR) is 79.6 cm³/mol. The van der Waals surface area contributed by atoms with E-state index in [1.165, 1.54) is 0 Å². The summed E-state index contributed by atoms with van der Waals surface area (Å²) in [7, 11) is 2.10. The Labute approximate surface area is 123 Å². The third kappa shape index (κ3) is 4.41. The zero-order chi connectivity index (χ0) is 13.7. The average Bonchev–Trinajstić information content (AvgIpc) is 2.46. The van der Waals surface area contributed by atoms with Gasteiger partial charge in [-0.2, -0.15) is 0 Å². The molecule has 1 aliphatic heterocycles. The van der Waals surface area contributed by atoms with Crippen LogP contribution in [0.4, 0.5) is 0 Å². The molecule has 0 aliphatic carbocycles. The highest BCUT2D eigenvalue weighted by Gasteiger charge is 2.18. The van der Waals surface area contributed by atoms with E-state index < -0.39 is 0 Å². The second kappa shape index (κ2) is 7.17. The van der Waals surface area contributed by atoms with Crippen molar-refractivity contribution >= 4 is 21.7 Å². The van der Waals surface area contributed by atoms with E-state index >= 15 is 0 Å². The van der Waals surface area contributed by atoms with Crippen LogP contribution in [-0.2, 0) is 4.74 Å². The molecule has 1 fully saturated rings. The number of benzene rings is 1. The lowest BCUT2D eigenvalue weighted by Crippen LogP contribution is -2.37. The molecule has 1 aromatic carbocycles. The second-order valence-electron chi connectivity index (χ2n) is 5.00. The number of carbonyl (C=O) groups is 1. The molecule has 0 N–H and O–H groups in total. The Kier molecular flexibility index (Phi) is 5.55. The molecule has 0 radical (unpaired) electrons. The number of carbonyl (C=O) groups excluding carboxylic acids is 1. The van der Waals surface area contributed by atoms with Gasteiger partial charge in [-0.3, -0.25) is 4.79 Å². The predicted octanol–water partition coefficient (Wildman–Crippen LogP) is 3.13. The molecule has 0 saturated carbocycles. The zero-order valence-corrected chi connectivity index (χ0v) is 12.9. The van der Waals surface area contributed by atoms with Crippen molar-refractivity contribution in [2.75, 3.05) is 26.8 Å². The summed E-state index contributed by atoms with van der Waals surface area (Å²) in [5, 5.41) is 0. The molecular formula is C15H20BrNO2. The molecule has 0 atom stereocenters. The van der Waals surface area contributed by atoms with Gasteiger partial charge in [0.2, 0.25) is 0 Å². The molecule has 0 aromatic heterocycles. The van der Waals surface area contributed by atoms with Gasteiger partial charge in [-0.1, -0.05) is 28.1 Å². The third-order valence-electron chi connectivity index (χ3n) is 3.67. The highest BCUT2D eigenvalue weighted by molar-refractivity contribution is 9.10. The van der Waals surface area contributed by atoms with Crippen molar-refractivity contribution < 1.29 is 9.53 Å². The van der Waals surface area contributed by atoms with E-state index in [0.717, 1.165) is 42.6 Å². The smallest absolute Gasteiger partial charge is 0.164 e. The lowest BCUT2D eigenvalue weighted by molar-refractivity contribution is 0.0425. The molecule has 104 valence electrons. The van der Waals surface area contributed by atoms with Crippen LogP contribution in [-0.4, -0.2) is 43.5 Å². The van der Waals surface area contributed by atoms with Crippen LogP contribution in [0.1, 0.15) is 29.6 Å². The summed E-state index contributed by atoms with van der Waals surface area (Å²) in [6.07, 6.45) is 2.72. The quantitative estimate of drug-likeness (QED) is 0.779. The molecule has 19 heavy (non-hydrogen) atoms. The number of Topliss-reactive ketones (excluding diaryl/α,β-unsaturated/α-hetero) is 1. The minimum Gasteiger partial charge on any atom is -0.381 e. The van der Waals surface area contributed by atoms with Crippen LogP contribution < -0.4 is 0 Å². The van der Waals surface area contributed by atoms with E-state index in [2.05, 4.69) is 27.9 Å². The minimum absolute atomic E-state index is 0.214. The van der Waals surface area contributed by atoms with Crippen molar-refractivity contribution in [1.29, 1.82) is 0 Å². The van der Waals surface area contributed by atoms with Gasteiger partial charge in [0.15, 0.2) is 5.78 Å². The van der Waals surface area contributed by atoms with Gasteiger partial charge < -0.3 is 9.64 Å². The van der Waals surface area contributed by atoms with Crippen molar-refractivity contribution in [2.24, 2.45) is 0 Å². The first kappa shape index (κ1) is 14.7. The highest BCUT2D eigenvalue weighted by atomic mass is 79.9. The molecule has 2 rings (SSSR count). The fraction of sp³-hybridized carbons (Fsp3) is 0.533. The molecule has 0 bridgehead atoms. The van der Waals surface area contributed by atoms with Crippen molar-refractivity contribution in [2.45, 2.75) is 25.3 Å². The van der Waals surface area contributed by atoms with Gasteiger partial charge in [-0.05, 0) is 32.0 Å². The fourth-order valence-electron chi connectivity index (χ4n) is 2.37. The normalized spacial score (nSPS) is 16.8. The van der Waals surface area contributed by atoms with Gasteiger partial charge in [0.05, 0.1) is 0 Å². The molecule has 4 heteroatoms. The Hall–Kier alpha value is -0.710. The van der Waals surface area contributed by atoms with E-state index in [-0.39, 0.29) is 5.78 Å². The van der Waals surface area contributed by atoms with Gasteiger partial charge in [0.1, 0.15) is 0 Å². The fourth-order valence-corrected chi connectivity index (χ4v) is 2.63. The van der Waals surface area contributed by atoms with E-state index in [1.54, 1.807) is 0 Å². The number of hydrogen-bond donors (Lipinski definition) is 0. The zero-order valence-electron chi connectivity index (χ0n) is 11.3. The van der Waals surface area contributed by atoms with Crippen LogP contribution >= 0.6 is 15.9 Å². The number of nitrogens with zero attached hydrogens (tertiary/aromatic N) is 1. The molecule has 0 spiro atoms. The Balaban J connectivity index is 1.81. The second-order valence-corrected chi connectivity index (χ2v) is 5.92. The lowest BCUT2D eigenvalue weighted by Gasteiger charge is -2.30. The Morgan fingerprint density at radius 2 is 1.95 bits per heavy atom. The molecule has 3 nitrogen and oxygen atoms in total. The van der Waals surface area contributed by atoms with E-state index in [1.807, 2.05) is 24.3 Å². The van der Waals surface area contributed by atoms with Crippen LogP contribution in [0.25, 0.3) is 0 Å². The largest absolute Gasteiger partial charge is 0.381 e. The average molecular weight is 326 g/mol. The summed E-state index contributed by atoms with van der Waals surface area (Å²) < 4.78 is 6.36. The maximum atomic E-state index is 12.1. The standard InChI is InChI=1S/C15H20BrNO2/c1-17(14-7-10-19-11-8-14)9-6-15(18)12-2-4-13(16)5-3-12/h2-5,14H,6-11H2,1H3. The first-order chi connectivity index (χ1) is 9.16. The van der Waals surface area contributed by atoms with Crippen LogP contribution in [0.2, 0.25) is 0 Å². The van der Waals surface area contributed by atoms with Gasteiger partial charge in [-0.25, -0.2) is 0 Å². The molecule has 1 aliphatic rings. The Bertz CT molecular complexity index is 413. The molecule has 1 saturated heterocycles. The number of halogens is 1. The number of ether oxygens (including phenoxy) is 1. The number of rotatable bonds is 5. The van der Waals surface area contributed by atoms with Gasteiger partial charge in [-0.15, -0.1) is 0 Å². The summed E-state index contributed by atoms with van der Waals surface area (Å²) in [6, 6.07) is 8.14. The minimum atomic E-state index is 0.214. The van der Waals surface area contributed by atoms with Crippen LogP contribution in [0, 0.1) is 0 Å². The summed E-state index contributed by atoms with van der Waals surface area (Å²) in [5.41, 5.74) is 0.795. The molecule has 1 heterocycles. The first-order valence-corrected chi connectivity index (χ1v) is 7.53. The molecular weight excluding hydrogens is 306 g/mol. The van der Waals surface area contributed by atoms with Gasteiger partial charge >= 0.3 is 0 Å². The third-order valence-corrected chi connectivity index (χ3v) is 4.20. The summed E-state index contributed by atoms with van der Waals surface area (Å²) in [6.45, 7) is 2.50. The Morgan fingerprint density at radius 1 is 1.32 bits per heavy atom. The SMILES string of the molecule is CN(CCC(=O)c1ccc(Br)cc1)C1CCOCC1. The first-order valence-electron chi connectivity index (χ1n) is 6.73. The topological polar surface area (TPSA) is 29.5 Å². The number of hydrogen-bond acceptors (Lipinski definition) is 3. The van der Waals surface area contributed by atoms with Crippen molar-refractivity contribution in [3.05, 3.63) is 34.3 Å². The van der Waals surface area contributed by atoms with Gasteiger partial charge in [0.25, 0.3) is 0 Å². The summed E-state index contributed by atoms with van der Waals surface area (Å²) >= 11 is 3.38. The van der Waals surface area contributed by atoms with Crippen molar-refractivity contribution in [1.82, 2.24) is 4.90 Å². The van der Waals surface area contributed by atoms with Crippen LogP contribution in [0.5, 0.6) is 0 Å². The molecule has 1 aromatic rings. The Morgan fingerprint density at radius 3 is 2.58 bits per heavy atom. The van der Waals surface area contributed by atoms with E-state index in [0.29, 0.717) is 12.5 Å². The molecule has 0 unspecified atom stereocenters. The maximum absolute atomic E-state index is 12.1. The van der Waals surface area contributed by atoms with Crippen molar-refractivity contribution in [3.63, 3.8) is 0 Å². The van der Waals surface area contributed by atoms with E-state index in [4.69, 9.17) is 4.74 Å².